The topological polar surface area (TPSA) is 17.1 Å². The molecule has 1 nitrogen and oxygen atoms in total. The first-order chi connectivity index (χ1) is 6.66. The predicted octanol–water partition coefficient (Wildman–Crippen LogP) is 3.74. The van der Waals surface area contributed by atoms with Gasteiger partial charge >= 0.3 is 0 Å². The molecule has 2 rings (SSSR count). The van der Waals surface area contributed by atoms with E-state index in [2.05, 4.69) is 15.9 Å². The zero-order chi connectivity index (χ0) is 10.1. The van der Waals surface area contributed by atoms with E-state index in [0.29, 0.717) is 11.7 Å². The molecule has 0 heterocycles. The summed E-state index contributed by atoms with van der Waals surface area (Å²) < 4.78 is 0.988. The highest BCUT2D eigenvalue weighted by molar-refractivity contribution is 9.10. The average Bonchev–Trinajstić information content (AvgIpc) is 2.93. The number of aryl methyl sites for hydroxylation is 1. The lowest BCUT2D eigenvalue weighted by atomic mass is 10.0. The molecule has 0 bridgehead atoms. The molecule has 0 aromatic heterocycles. The molecule has 0 radical (unpaired) electrons. The van der Waals surface area contributed by atoms with E-state index in [-0.39, 0.29) is 0 Å². The fourth-order valence-electron chi connectivity index (χ4n) is 1.59. The molecule has 0 saturated heterocycles. The first-order valence-electron chi connectivity index (χ1n) is 4.96. The summed E-state index contributed by atoms with van der Waals surface area (Å²) in [6.45, 7) is 1.99. The van der Waals surface area contributed by atoms with Gasteiger partial charge in [-0.15, -0.1) is 0 Å². The highest BCUT2D eigenvalue weighted by Gasteiger charge is 2.25. The average molecular weight is 253 g/mol. The Kier molecular flexibility index (Phi) is 2.73. The minimum Gasteiger partial charge on any atom is -0.294 e. The summed E-state index contributed by atoms with van der Waals surface area (Å²) in [6, 6.07) is 5.90. The number of Topliss-reactive ketones (excluding diaryl/α,β-unsaturated/α-hetero) is 1. The molecule has 0 spiro atoms. The summed E-state index contributed by atoms with van der Waals surface area (Å²) in [4.78, 5) is 11.8. The quantitative estimate of drug-likeness (QED) is 0.750. The maximum atomic E-state index is 11.8. The Morgan fingerprint density at radius 2 is 2.21 bits per heavy atom. The third-order valence-corrected chi connectivity index (χ3v) is 3.16. The van der Waals surface area contributed by atoms with Crippen LogP contribution in [0, 0.1) is 12.8 Å². The smallest absolute Gasteiger partial charge is 0.163 e. The van der Waals surface area contributed by atoms with Crippen molar-refractivity contribution in [3.05, 3.63) is 33.8 Å². The van der Waals surface area contributed by atoms with Crippen LogP contribution in [-0.4, -0.2) is 5.78 Å². The van der Waals surface area contributed by atoms with Crippen LogP contribution in [0.1, 0.15) is 35.2 Å². The molecule has 74 valence electrons. The SMILES string of the molecule is Cc1ccc(Br)cc1C(=O)CC1CC1. The molecule has 1 saturated carbocycles. The van der Waals surface area contributed by atoms with Gasteiger partial charge in [-0.05, 0) is 43.4 Å². The van der Waals surface area contributed by atoms with Crippen molar-refractivity contribution in [2.45, 2.75) is 26.2 Å². The van der Waals surface area contributed by atoms with Gasteiger partial charge < -0.3 is 0 Å². The van der Waals surface area contributed by atoms with Crippen molar-refractivity contribution in [3.63, 3.8) is 0 Å². The summed E-state index contributed by atoms with van der Waals surface area (Å²) >= 11 is 3.39. The number of carbonyl (C=O) groups is 1. The van der Waals surface area contributed by atoms with Crippen molar-refractivity contribution < 1.29 is 4.79 Å². The lowest BCUT2D eigenvalue weighted by Gasteiger charge is -2.04. The first kappa shape index (κ1) is 9.91. The fraction of sp³-hybridized carbons (Fsp3) is 0.417. The number of hydrogen-bond donors (Lipinski definition) is 0. The number of benzene rings is 1. The van der Waals surface area contributed by atoms with E-state index >= 15 is 0 Å². The molecule has 1 aliphatic carbocycles. The molecule has 0 unspecified atom stereocenters. The normalized spacial score (nSPS) is 15.6. The van der Waals surface area contributed by atoms with Crippen LogP contribution < -0.4 is 0 Å². The highest BCUT2D eigenvalue weighted by Crippen LogP contribution is 2.34. The second-order valence-electron chi connectivity index (χ2n) is 4.03. The molecular formula is C12H13BrO. The maximum absolute atomic E-state index is 11.8. The summed E-state index contributed by atoms with van der Waals surface area (Å²) in [7, 11) is 0. The lowest BCUT2D eigenvalue weighted by molar-refractivity contribution is 0.0975. The molecule has 2 heteroatoms. The van der Waals surface area contributed by atoms with Gasteiger partial charge in [0.25, 0.3) is 0 Å². The van der Waals surface area contributed by atoms with Crippen LogP contribution in [0.3, 0.4) is 0 Å². The molecule has 0 amide bonds. The van der Waals surface area contributed by atoms with Gasteiger partial charge in [0.15, 0.2) is 5.78 Å². The molecular weight excluding hydrogens is 240 g/mol. The summed E-state index contributed by atoms with van der Waals surface area (Å²) in [5.41, 5.74) is 1.96. The monoisotopic (exact) mass is 252 g/mol. The number of carbonyl (C=O) groups excluding carboxylic acids is 1. The van der Waals surface area contributed by atoms with Crippen molar-refractivity contribution in [2.75, 3.05) is 0 Å². The molecule has 1 aromatic rings. The molecule has 0 aliphatic heterocycles. The molecule has 1 aliphatic rings. The fourth-order valence-corrected chi connectivity index (χ4v) is 1.95. The van der Waals surface area contributed by atoms with Gasteiger partial charge in [0.2, 0.25) is 0 Å². The van der Waals surface area contributed by atoms with Crippen LogP contribution in [0.25, 0.3) is 0 Å². The Hall–Kier alpha value is -0.630. The van der Waals surface area contributed by atoms with Crippen LogP contribution in [0.5, 0.6) is 0 Å². The first-order valence-corrected chi connectivity index (χ1v) is 5.75. The van der Waals surface area contributed by atoms with Crippen molar-refractivity contribution in [1.82, 2.24) is 0 Å². The number of halogens is 1. The second-order valence-corrected chi connectivity index (χ2v) is 4.95. The third-order valence-electron chi connectivity index (χ3n) is 2.67. The zero-order valence-electron chi connectivity index (χ0n) is 8.22. The molecule has 1 fully saturated rings. The van der Waals surface area contributed by atoms with E-state index in [4.69, 9.17) is 0 Å². The minimum absolute atomic E-state index is 0.298. The summed E-state index contributed by atoms with van der Waals surface area (Å²) in [6.07, 6.45) is 3.20. The van der Waals surface area contributed by atoms with Crippen molar-refractivity contribution in [3.8, 4) is 0 Å². The Labute approximate surface area is 92.6 Å². The van der Waals surface area contributed by atoms with Crippen LogP contribution in [0.4, 0.5) is 0 Å². The Morgan fingerprint density at radius 1 is 1.50 bits per heavy atom. The van der Waals surface area contributed by atoms with Gasteiger partial charge in [-0.3, -0.25) is 4.79 Å². The van der Waals surface area contributed by atoms with E-state index in [9.17, 15) is 4.79 Å². The lowest BCUT2D eigenvalue weighted by Crippen LogP contribution is -2.02. The maximum Gasteiger partial charge on any atom is 0.163 e. The minimum atomic E-state index is 0.298. The number of rotatable bonds is 3. The van der Waals surface area contributed by atoms with E-state index in [1.54, 1.807) is 0 Å². The Balaban J connectivity index is 2.20. The van der Waals surface area contributed by atoms with E-state index in [0.717, 1.165) is 22.0 Å². The predicted molar refractivity (Wildman–Crippen MR) is 60.6 cm³/mol. The Bertz CT molecular complexity index is 367. The van der Waals surface area contributed by atoms with Crippen molar-refractivity contribution in [2.24, 2.45) is 5.92 Å². The highest BCUT2D eigenvalue weighted by atomic mass is 79.9. The molecule has 0 atom stereocenters. The zero-order valence-corrected chi connectivity index (χ0v) is 9.80. The van der Waals surface area contributed by atoms with Crippen molar-refractivity contribution >= 4 is 21.7 Å². The molecule has 0 N–H and O–H groups in total. The molecule has 1 aromatic carbocycles. The van der Waals surface area contributed by atoms with Gasteiger partial charge in [-0.1, -0.05) is 22.0 Å². The van der Waals surface area contributed by atoms with Gasteiger partial charge in [-0.25, -0.2) is 0 Å². The standard InChI is InChI=1S/C12H13BrO/c1-8-2-5-10(13)7-11(8)12(14)6-9-3-4-9/h2,5,7,9H,3-4,6H2,1H3. The van der Waals surface area contributed by atoms with Gasteiger partial charge in [0, 0.05) is 16.5 Å². The van der Waals surface area contributed by atoms with Gasteiger partial charge in [-0.2, -0.15) is 0 Å². The van der Waals surface area contributed by atoms with Crippen LogP contribution in [0.15, 0.2) is 22.7 Å². The van der Waals surface area contributed by atoms with E-state index in [1.807, 2.05) is 25.1 Å². The van der Waals surface area contributed by atoms with E-state index < -0.39 is 0 Å². The largest absolute Gasteiger partial charge is 0.294 e. The van der Waals surface area contributed by atoms with Crippen LogP contribution in [-0.2, 0) is 0 Å². The third kappa shape index (κ3) is 2.24. The molecule has 14 heavy (non-hydrogen) atoms. The van der Waals surface area contributed by atoms with E-state index in [1.165, 1.54) is 12.8 Å². The number of ketones is 1. The van der Waals surface area contributed by atoms with Crippen LogP contribution in [0.2, 0.25) is 0 Å². The number of hydrogen-bond acceptors (Lipinski definition) is 1. The Morgan fingerprint density at radius 3 is 2.86 bits per heavy atom. The second kappa shape index (κ2) is 3.85. The van der Waals surface area contributed by atoms with Gasteiger partial charge in [0.05, 0.1) is 0 Å². The van der Waals surface area contributed by atoms with Gasteiger partial charge in [0.1, 0.15) is 0 Å². The van der Waals surface area contributed by atoms with Crippen molar-refractivity contribution in [1.29, 1.82) is 0 Å². The van der Waals surface area contributed by atoms with Crippen LogP contribution >= 0.6 is 15.9 Å². The summed E-state index contributed by atoms with van der Waals surface area (Å²) in [5, 5.41) is 0. The summed E-state index contributed by atoms with van der Waals surface area (Å²) in [5.74, 6) is 0.965.